The number of guanidine groups is 2. The number of likely N-dealkylation sites (N-methyl/N-ethyl adjacent to an activating group) is 2. The summed E-state index contributed by atoms with van der Waals surface area (Å²) in [6, 6.07) is 0. The minimum absolute atomic E-state index is 0. The first-order valence-electron chi connectivity index (χ1n) is 5.16. The first-order valence-corrected chi connectivity index (χ1v) is 5.16. The molecule has 5 nitrogen and oxygen atoms in total. The van der Waals surface area contributed by atoms with Crippen LogP contribution in [-0.4, -0.2) is 86.6 Å². The van der Waals surface area contributed by atoms with E-state index in [9.17, 15) is 0 Å². The van der Waals surface area contributed by atoms with Gasteiger partial charge in [-0.2, -0.15) is 0 Å². The lowest BCUT2D eigenvalue weighted by Crippen LogP contribution is -3.00. The Hall–Kier alpha value is -0.970. The van der Waals surface area contributed by atoms with E-state index in [-0.39, 0.29) is 12.4 Å². The van der Waals surface area contributed by atoms with E-state index >= 15 is 0 Å². The molecule has 0 bridgehead atoms. The van der Waals surface area contributed by atoms with Crippen LogP contribution in [0.2, 0.25) is 0 Å². The number of aliphatic imine (C=N–C) groups is 1. The molecule has 0 radical (unpaired) electrons. The lowest BCUT2D eigenvalue weighted by molar-refractivity contribution is -0.487. The molecule has 94 valence electrons. The van der Waals surface area contributed by atoms with Gasteiger partial charge in [-0.3, -0.25) is 9.48 Å². The maximum Gasteiger partial charge on any atom is 0.392 e. The molecule has 6 heteroatoms. The third-order valence-electron chi connectivity index (χ3n) is 2.45. The minimum Gasteiger partial charge on any atom is -1.00 e. The van der Waals surface area contributed by atoms with Crippen LogP contribution in [0, 0.1) is 0 Å². The first kappa shape index (κ1) is 15.0. The van der Waals surface area contributed by atoms with Crippen molar-refractivity contribution in [3.05, 3.63) is 0 Å². The topological polar surface area (TPSA) is 25.1 Å². The zero-order valence-electron chi connectivity index (χ0n) is 11.0. The van der Waals surface area contributed by atoms with Gasteiger partial charge in [0.15, 0.2) is 0 Å². The Balaban J connectivity index is 0.00000225. The molecular weight excluding hydrogens is 226 g/mol. The van der Waals surface area contributed by atoms with Crippen molar-refractivity contribution >= 4 is 11.9 Å². The molecule has 1 aliphatic heterocycles. The van der Waals surface area contributed by atoms with Crippen LogP contribution in [0.15, 0.2) is 4.99 Å². The summed E-state index contributed by atoms with van der Waals surface area (Å²) in [6.07, 6.45) is 0. The van der Waals surface area contributed by atoms with E-state index in [2.05, 4.69) is 28.6 Å². The van der Waals surface area contributed by atoms with Gasteiger partial charge >= 0.3 is 5.96 Å². The van der Waals surface area contributed by atoms with Gasteiger partial charge in [-0.1, -0.05) is 0 Å². The average Bonchev–Trinajstić information content (AvgIpc) is 2.42. The smallest absolute Gasteiger partial charge is 0.392 e. The van der Waals surface area contributed by atoms with Crippen molar-refractivity contribution in [3.8, 4) is 0 Å². The maximum atomic E-state index is 4.67. The molecule has 1 rings (SSSR count). The zero-order chi connectivity index (χ0) is 11.6. The van der Waals surface area contributed by atoms with Crippen LogP contribution in [-0.2, 0) is 0 Å². The van der Waals surface area contributed by atoms with E-state index < -0.39 is 0 Å². The van der Waals surface area contributed by atoms with E-state index in [0.717, 1.165) is 25.0 Å². The lowest BCUT2D eigenvalue weighted by Gasteiger charge is -2.19. The van der Waals surface area contributed by atoms with E-state index in [1.807, 2.05) is 38.0 Å². The van der Waals surface area contributed by atoms with Gasteiger partial charge in [0.2, 0.25) is 0 Å². The Morgan fingerprint density at radius 1 is 1.25 bits per heavy atom. The average molecular weight is 248 g/mol. The molecule has 0 aromatic carbocycles. The molecule has 1 heterocycles. The molecule has 16 heavy (non-hydrogen) atoms. The SMILES string of the molecule is CN(C)C(=NC1=[N+](C)CCN1C)N(C)C.[Cl-]. The fraction of sp³-hybridized carbons (Fsp3) is 0.800. The molecule has 0 saturated heterocycles. The van der Waals surface area contributed by atoms with Gasteiger partial charge in [-0.15, -0.1) is 0 Å². The van der Waals surface area contributed by atoms with Crippen molar-refractivity contribution < 1.29 is 17.0 Å². The predicted octanol–water partition coefficient (Wildman–Crippen LogP) is -3.59. The zero-order valence-corrected chi connectivity index (χ0v) is 11.8. The second-order valence-electron chi connectivity index (χ2n) is 4.34. The summed E-state index contributed by atoms with van der Waals surface area (Å²) in [5, 5.41) is 0. The highest BCUT2D eigenvalue weighted by atomic mass is 35.5. The molecule has 0 aromatic rings. The number of hydrogen-bond donors (Lipinski definition) is 0. The van der Waals surface area contributed by atoms with Gasteiger partial charge in [0.1, 0.15) is 0 Å². The van der Waals surface area contributed by atoms with Crippen molar-refractivity contribution in [2.45, 2.75) is 0 Å². The number of hydrogen-bond acceptors (Lipinski definition) is 2. The van der Waals surface area contributed by atoms with Gasteiger partial charge in [-0.25, -0.2) is 0 Å². The van der Waals surface area contributed by atoms with Crippen molar-refractivity contribution in [3.63, 3.8) is 0 Å². The first-order chi connectivity index (χ1) is 6.93. The van der Waals surface area contributed by atoms with Crippen LogP contribution in [0.4, 0.5) is 0 Å². The van der Waals surface area contributed by atoms with Crippen LogP contribution < -0.4 is 12.4 Å². The van der Waals surface area contributed by atoms with Gasteiger partial charge in [0.05, 0.1) is 27.2 Å². The second-order valence-corrected chi connectivity index (χ2v) is 4.34. The predicted molar refractivity (Wildman–Crippen MR) is 63.5 cm³/mol. The summed E-state index contributed by atoms with van der Waals surface area (Å²) < 4.78 is 2.17. The van der Waals surface area contributed by atoms with E-state index in [1.54, 1.807) is 0 Å². The van der Waals surface area contributed by atoms with Crippen LogP contribution in [0.5, 0.6) is 0 Å². The van der Waals surface area contributed by atoms with Crippen molar-refractivity contribution in [1.82, 2.24) is 14.7 Å². The highest BCUT2D eigenvalue weighted by Gasteiger charge is 2.26. The molecule has 0 aromatic heterocycles. The molecular formula is C10H22ClN5. The molecule has 1 aliphatic rings. The summed E-state index contributed by atoms with van der Waals surface area (Å²) >= 11 is 0. The summed E-state index contributed by atoms with van der Waals surface area (Å²) in [7, 11) is 12.2. The maximum absolute atomic E-state index is 4.67. The van der Waals surface area contributed by atoms with Crippen molar-refractivity contribution in [2.24, 2.45) is 4.99 Å². The van der Waals surface area contributed by atoms with Gasteiger partial charge in [-0.05, 0) is 4.99 Å². The summed E-state index contributed by atoms with van der Waals surface area (Å²) in [5.41, 5.74) is 0. The third kappa shape index (κ3) is 3.27. The highest BCUT2D eigenvalue weighted by molar-refractivity contribution is 5.92. The largest absolute Gasteiger partial charge is 1.00 e. The van der Waals surface area contributed by atoms with Crippen LogP contribution >= 0.6 is 0 Å². The Labute approximate surface area is 104 Å². The fourth-order valence-electron chi connectivity index (χ4n) is 1.65. The Morgan fingerprint density at radius 3 is 2.06 bits per heavy atom. The molecule has 0 atom stereocenters. The van der Waals surface area contributed by atoms with Gasteiger partial charge in [0, 0.05) is 28.2 Å². The fourth-order valence-corrected chi connectivity index (χ4v) is 1.65. The number of nitrogens with zero attached hydrogens (tertiary/aromatic N) is 5. The molecule has 0 fully saturated rings. The molecule has 0 saturated carbocycles. The normalized spacial score (nSPS) is 14.8. The molecule has 0 aliphatic carbocycles. The summed E-state index contributed by atoms with van der Waals surface area (Å²) in [5.74, 6) is 2.00. The van der Waals surface area contributed by atoms with Crippen LogP contribution in [0.3, 0.4) is 0 Å². The molecule has 0 N–H and O–H groups in total. The van der Waals surface area contributed by atoms with Crippen molar-refractivity contribution in [1.29, 1.82) is 0 Å². The minimum atomic E-state index is 0. The Morgan fingerprint density at radius 2 is 1.75 bits per heavy atom. The Bertz CT molecular complexity index is 286. The summed E-state index contributed by atoms with van der Waals surface area (Å²) in [6.45, 7) is 2.09. The molecule has 0 spiro atoms. The lowest BCUT2D eigenvalue weighted by atomic mass is 10.6. The highest BCUT2D eigenvalue weighted by Crippen LogP contribution is 2.00. The number of halogens is 1. The Kier molecular flexibility index (Phi) is 5.58. The monoisotopic (exact) mass is 247 g/mol. The van der Waals surface area contributed by atoms with E-state index in [0.29, 0.717) is 0 Å². The second kappa shape index (κ2) is 5.94. The van der Waals surface area contributed by atoms with Gasteiger partial charge in [0.25, 0.3) is 5.96 Å². The van der Waals surface area contributed by atoms with E-state index in [1.165, 1.54) is 0 Å². The molecule has 0 amide bonds. The van der Waals surface area contributed by atoms with Crippen LogP contribution in [0.1, 0.15) is 0 Å². The standard InChI is InChI=1S/C10H22N5.ClH/c1-12(2)9(13(3)4)11-10-14(5)7-8-15(10)6;/h7-8H2,1-6H3;1H/q+1;/p-1. The van der Waals surface area contributed by atoms with Crippen LogP contribution in [0.25, 0.3) is 0 Å². The third-order valence-corrected chi connectivity index (χ3v) is 2.45. The van der Waals surface area contributed by atoms with E-state index in [4.69, 9.17) is 0 Å². The summed E-state index contributed by atoms with van der Waals surface area (Å²) in [4.78, 5) is 10.9. The van der Waals surface area contributed by atoms with Crippen molar-refractivity contribution in [2.75, 3.05) is 55.4 Å². The number of rotatable bonds is 0. The molecule has 0 unspecified atom stereocenters. The quantitative estimate of drug-likeness (QED) is 0.252. The van der Waals surface area contributed by atoms with Gasteiger partial charge < -0.3 is 22.2 Å².